The molecule has 37 heavy (non-hydrogen) atoms. The van der Waals surface area contributed by atoms with E-state index in [9.17, 15) is 18.0 Å². The summed E-state index contributed by atoms with van der Waals surface area (Å²) in [6, 6.07) is 13.8. The van der Waals surface area contributed by atoms with Gasteiger partial charge in [0.1, 0.15) is 17.2 Å². The maximum absolute atomic E-state index is 13.3. The Morgan fingerprint density at radius 2 is 1.84 bits per heavy atom. The summed E-state index contributed by atoms with van der Waals surface area (Å²) in [5, 5.41) is 2.63. The van der Waals surface area contributed by atoms with Gasteiger partial charge < -0.3 is 10.3 Å². The van der Waals surface area contributed by atoms with Gasteiger partial charge in [0.2, 0.25) is 12.3 Å². The second kappa shape index (κ2) is 10.2. The number of carbonyl (C=O) groups excluding carboxylic acids is 1. The van der Waals surface area contributed by atoms with Crippen LogP contribution >= 0.6 is 0 Å². The molecule has 0 aliphatic heterocycles. The van der Waals surface area contributed by atoms with Crippen LogP contribution in [0.25, 0.3) is 33.7 Å². The predicted molar refractivity (Wildman–Crippen MR) is 133 cm³/mol. The summed E-state index contributed by atoms with van der Waals surface area (Å²) in [7, 11) is 0. The molecule has 0 aliphatic carbocycles. The minimum atomic E-state index is -2.73. The number of hydrogen-bond donors (Lipinski definition) is 2. The fourth-order valence-electron chi connectivity index (χ4n) is 4.16. The van der Waals surface area contributed by atoms with E-state index in [1.807, 2.05) is 25.1 Å². The third-order valence-electron chi connectivity index (χ3n) is 5.85. The number of H-pyrrole nitrogens is 1. The molecule has 0 fully saturated rings. The lowest BCUT2D eigenvalue weighted by Gasteiger charge is -2.17. The Morgan fingerprint density at radius 1 is 1.03 bits per heavy atom. The van der Waals surface area contributed by atoms with Crippen LogP contribution in [0.4, 0.5) is 19.0 Å². The van der Waals surface area contributed by atoms with Crippen molar-refractivity contribution >= 4 is 22.9 Å². The highest BCUT2D eigenvalue weighted by atomic mass is 19.3. The highest BCUT2D eigenvalue weighted by molar-refractivity contribution is 6.00. The summed E-state index contributed by atoms with van der Waals surface area (Å²) in [5.41, 5.74) is 4.97. The lowest BCUT2D eigenvalue weighted by atomic mass is 9.95. The van der Waals surface area contributed by atoms with Crippen LogP contribution in [-0.4, -0.2) is 37.3 Å². The average Bonchev–Trinajstić information content (AvgIpc) is 3.27. The first-order valence-corrected chi connectivity index (χ1v) is 11.5. The number of amides is 1. The molecule has 0 saturated heterocycles. The first kappa shape index (κ1) is 24.1. The van der Waals surface area contributed by atoms with E-state index in [0.29, 0.717) is 28.1 Å². The zero-order valence-electron chi connectivity index (χ0n) is 19.6. The number of carbonyl (C=O) groups is 1. The van der Waals surface area contributed by atoms with E-state index in [1.54, 1.807) is 24.5 Å². The second-order valence-electron chi connectivity index (χ2n) is 8.45. The topological polar surface area (TPSA) is 96.5 Å². The van der Waals surface area contributed by atoms with Crippen molar-refractivity contribution in [3.8, 4) is 22.5 Å². The van der Waals surface area contributed by atoms with Gasteiger partial charge in [0.05, 0.1) is 28.6 Å². The summed E-state index contributed by atoms with van der Waals surface area (Å²) in [5.74, 6) is -2.20. The van der Waals surface area contributed by atoms with E-state index in [1.165, 1.54) is 18.3 Å². The molecule has 0 radical (unpaired) electrons. The number of fused-ring (bicyclic) bond motifs is 1. The van der Waals surface area contributed by atoms with Crippen LogP contribution in [-0.2, 0) is 4.79 Å². The number of anilines is 1. The van der Waals surface area contributed by atoms with Gasteiger partial charge in [0, 0.05) is 30.6 Å². The molecule has 5 aromatic rings. The van der Waals surface area contributed by atoms with Gasteiger partial charge in [0.15, 0.2) is 5.65 Å². The molecule has 0 unspecified atom stereocenters. The van der Waals surface area contributed by atoms with Crippen LogP contribution in [0.1, 0.15) is 23.6 Å². The number of nitrogens with one attached hydrogen (secondary N) is 2. The first-order valence-electron chi connectivity index (χ1n) is 11.5. The van der Waals surface area contributed by atoms with Crippen LogP contribution < -0.4 is 5.32 Å². The quantitative estimate of drug-likeness (QED) is 0.289. The minimum absolute atomic E-state index is 0.173. The second-order valence-corrected chi connectivity index (χ2v) is 8.45. The van der Waals surface area contributed by atoms with Gasteiger partial charge in [-0.15, -0.1) is 0 Å². The summed E-state index contributed by atoms with van der Waals surface area (Å²) in [6.45, 7) is 1.84. The van der Waals surface area contributed by atoms with Crippen LogP contribution in [0.5, 0.6) is 0 Å². The van der Waals surface area contributed by atoms with Crippen molar-refractivity contribution in [1.82, 2.24) is 24.9 Å². The van der Waals surface area contributed by atoms with Gasteiger partial charge in [-0.3, -0.25) is 14.8 Å². The SMILES string of the molecule is Cc1cnc2c(-c3ccccn3)c(-c3ccnc(NC(=O)[C@@H](CC(F)F)c4ccc(F)cc4)c3)[nH]c2n1. The summed E-state index contributed by atoms with van der Waals surface area (Å²) in [4.78, 5) is 34.1. The number of aromatic amines is 1. The number of rotatable bonds is 7. The molecule has 0 saturated carbocycles. The molecule has 4 heterocycles. The molecule has 10 heteroatoms. The molecule has 4 aromatic heterocycles. The summed E-state index contributed by atoms with van der Waals surface area (Å²) < 4.78 is 39.9. The van der Waals surface area contributed by atoms with Crippen molar-refractivity contribution in [3.63, 3.8) is 0 Å². The molecule has 0 spiro atoms. The number of aryl methyl sites for hydroxylation is 1. The highest BCUT2D eigenvalue weighted by Crippen LogP contribution is 2.36. The van der Waals surface area contributed by atoms with Crippen LogP contribution in [0.2, 0.25) is 0 Å². The Kier molecular flexibility index (Phi) is 6.63. The van der Waals surface area contributed by atoms with Gasteiger partial charge >= 0.3 is 0 Å². The number of alkyl halides is 2. The number of halogens is 3. The molecule has 7 nitrogen and oxygen atoms in total. The predicted octanol–water partition coefficient (Wildman–Crippen LogP) is 5.91. The fourth-order valence-corrected chi connectivity index (χ4v) is 4.16. The fraction of sp³-hybridized carbons (Fsp3) is 0.148. The van der Waals surface area contributed by atoms with Crippen molar-refractivity contribution < 1.29 is 18.0 Å². The summed E-state index contributed by atoms with van der Waals surface area (Å²) in [6.07, 6.45) is 1.42. The van der Waals surface area contributed by atoms with Crippen LogP contribution in [0, 0.1) is 12.7 Å². The van der Waals surface area contributed by atoms with Gasteiger partial charge in [-0.1, -0.05) is 18.2 Å². The minimum Gasteiger partial charge on any atom is -0.337 e. The molecule has 186 valence electrons. The van der Waals surface area contributed by atoms with E-state index in [2.05, 4.69) is 30.2 Å². The third kappa shape index (κ3) is 5.18. The van der Waals surface area contributed by atoms with E-state index >= 15 is 0 Å². The highest BCUT2D eigenvalue weighted by Gasteiger charge is 2.26. The normalized spacial score (nSPS) is 12.1. The van der Waals surface area contributed by atoms with Crippen molar-refractivity contribution in [3.05, 3.63) is 90.3 Å². The van der Waals surface area contributed by atoms with E-state index < -0.39 is 30.5 Å². The van der Waals surface area contributed by atoms with Crippen molar-refractivity contribution in [2.75, 3.05) is 5.32 Å². The Labute approximate surface area is 209 Å². The van der Waals surface area contributed by atoms with Gasteiger partial charge in [-0.05, 0) is 48.9 Å². The lowest BCUT2D eigenvalue weighted by molar-refractivity contribution is -0.118. The van der Waals surface area contributed by atoms with Crippen molar-refractivity contribution in [1.29, 1.82) is 0 Å². The lowest BCUT2D eigenvalue weighted by Crippen LogP contribution is -2.23. The molecular weight excluding hydrogens is 481 g/mol. The molecule has 1 aromatic carbocycles. The molecule has 2 N–H and O–H groups in total. The molecule has 1 atom stereocenters. The third-order valence-corrected chi connectivity index (χ3v) is 5.85. The standard InChI is InChI=1S/C27H21F3N6O/c1-15-14-33-25-23(20-4-2-3-10-31-20)24(36-26(25)34-15)17-9-11-32-22(12-17)35-27(37)19(13-21(29)30)16-5-7-18(28)8-6-16/h2-12,14,19,21H,13H2,1H3,(H,34,36)(H,32,35,37)/t19-/m0/s1. The Morgan fingerprint density at radius 3 is 2.57 bits per heavy atom. The summed E-state index contributed by atoms with van der Waals surface area (Å²) >= 11 is 0. The Hall–Kier alpha value is -4.60. The average molecular weight is 503 g/mol. The van der Waals surface area contributed by atoms with Gasteiger partial charge in [-0.25, -0.2) is 23.1 Å². The van der Waals surface area contributed by atoms with Crippen molar-refractivity contribution in [2.24, 2.45) is 0 Å². The Bertz CT molecular complexity index is 1550. The van der Waals surface area contributed by atoms with Gasteiger partial charge in [-0.2, -0.15) is 0 Å². The molecule has 5 rings (SSSR count). The first-order chi connectivity index (χ1) is 17.9. The monoisotopic (exact) mass is 502 g/mol. The number of pyridine rings is 2. The maximum atomic E-state index is 13.3. The van der Waals surface area contributed by atoms with Crippen LogP contribution in [0.3, 0.4) is 0 Å². The number of nitrogens with zero attached hydrogens (tertiary/aromatic N) is 4. The number of hydrogen-bond acceptors (Lipinski definition) is 5. The van der Waals surface area contributed by atoms with E-state index in [0.717, 1.165) is 23.4 Å². The molecule has 0 aliphatic rings. The van der Waals surface area contributed by atoms with Crippen molar-refractivity contribution in [2.45, 2.75) is 25.7 Å². The zero-order chi connectivity index (χ0) is 25.9. The Balaban J connectivity index is 1.52. The largest absolute Gasteiger partial charge is 0.337 e. The number of aromatic nitrogens is 5. The van der Waals surface area contributed by atoms with E-state index in [-0.39, 0.29) is 11.4 Å². The van der Waals surface area contributed by atoms with E-state index in [4.69, 9.17) is 0 Å². The maximum Gasteiger partial charge on any atom is 0.239 e. The number of benzene rings is 1. The van der Waals surface area contributed by atoms with Gasteiger partial charge in [0.25, 0.3) is 0 Å². The molecule has 0 bridgehead atoms. The van der Waals surface area contributed by atoms with Crippen LogP contribution in [0.15, 0.2) is 73.2 Å². The molecule has 1 amide bonds. The smallest absolute Gasteiger partial charge is 0.239 e. The molecular formula is C27H21F3N6O. The zero-order valence-corrected chi connectivity index (χ0v) is 19.6.